The van der Waals surface area contributed by atoms with Crippen LogP contribution in [0, 0.1) is 54.3 Å². The first kappa shape index (κ1) is 60.1. The molecule has 1 unspecified atom stereocenters. The Balaban J connectivity index is 3.18. The number of ether oxygens (including phenoxy) is 6. The number of carbonyl (C=O) groups is 4. The maximum Gasteiger partial charge on any atom is 0.259 e. The van der Waals surface area contributed by atoms with E-state index in [1.54, 1.807) is 0 Å². The van der Waals surface area contributed by atoms with Gasteiger partial charge in [0, 0.05) is 62.4 Å². The molecule has 1 rings (SSSR count). The summed E-state index contributed by atoms with van der Waals surface area (Å²) in [7, 11) is -1.45. The lowest BCUT2D eigenvalue weighted by molar-refractivity contribution is -0.131. The molecule has 0 radical (unpaired) electrons. The predicted molar refractivity (Wildman–Crippen MR) is 251 cm³/mol. The van der Waals surface area contributed by atoms with Gasteiger partial charge in [-0.05, 0) is 72.6 Å². The van der Waals surface area contributed by atoms with Gasteiger partial charge in [-0.15, -0.1) is 19.3 Å². The fourth-order valence-electron chi connectivity index (χ4n) is 6.94. The van der Waals surface area contributed by atoms with Gasteiger partial charge in [-0.3, -0.25) is 19.2 Å². The molecule has 0 aliphatic heterocycles. The third-order valence-corrected chi connectivity index (χ3v) is 12.4. The largest absolute Gasteiger partial charge is 0.377 e. The average Bonchev–Trinajstić information content (AvgIpc) is 3.29. The Kier molecular flexibility index (Phi) is 35.7. The molecule has 19 heteroatoms. The van der Waals surface area contributed by atoms with Crippen molar-refractivity contribution in [2.75, 3.05) is 106 Å². The molecule has 0 aromatic carbocycles. The molecular formula is C47H77N6O12P. The van der Waals surface area contributed by atoms with E-state index >= 15 is 0 Å². The second kappa shape index (κ2) is 39.1. The van der Waals surface area contributed by atoms with Gasteiger partial charge in [0.25, 0.3) is 8.53 Å². The zero-order chi connectivity index (χ0) is 48.7. The summed E-state index contributed by atoms with van der Waals surface area (Å²) < 4.78 is 47.1. The molecule has 66 heavy (non-hydrogen) atoms. The van der Waals surface area contributed by atoms with Gasteiger partial charge in [-0.2, -0.15) is 5.26 Å². The molecule has 18 nitrogen and oxygen atoms in total. The van der Waals surface area contributed by atoms with Gasteiger partial charge in [0.15, 0.2) is 0 Å². The molecule has 1 aliphatic rings. The average molecular weight is 949 g/mol. The Bertz CT molecular complexity index is 1400. The van der Waals surface area contributed by atoms with Crippen LogP contribution in [-0.4, -0.2) is 158 Å². The van der Waals surface area contributed by atoms with Crippen molar-refractivity contribution in [2.24, 2.45) is 5.92 Å². The predicted octanol–water partition coefficient (Wildman–Crippen LogP) is 3.38. The quantitative estimate of drug-likeness (QED) is 0.0394. The molecule has 0 bridgehead atoms. The molecule has 1 fully saturated rings. The zero-order valence-corrected chi connectivity index (χ0v) is 40.8. The van der Waals surface area contributed by atoms with Crippen molar-refractivity contribution >= 4 is 32.2 Å². The third kappa shape index (κ3) is 29.7. The molecule has 0 saturated heterocycles. The lowest BCUT2D eigenvalue weighted by Crippen LogP contribution is -2.52. The van der Waals surface area contributed by atoms with Crippen LogP contribution in [0.4, 0.5) is 0 Å². The van der Waals surface area contributed by atoms with Gasteiger partial charge in [0.05, 0.1) is 84.7 Å². The highest BCUT2D eigenvalue weighted by Gasteiger charge is 2.38. The number of carbonyl (C=O) groups excluding carboxylic acids is 4. The van der Waals surface area contributed by atoms with Crippen LogP contribution < -0.4 is 21.3 Å². The number of amides is 4. The minimum Gasteiger partial charge on any atom is -0.377 e. The lowest BCUT2D eigenvalue weighted by atomic mass is 9.81. The molecule has 0 aromatic rings. The van der Waals surface area contributed by atoms with Gasteiger partial charge >= 0.3 is 0 Å². The SMILES string of the molecule is C#CCOCCOCCNC(=O)CCC(CCC(=O)NCCOCCOCC#C)(CCC(=O)NCCOCCOCC#C)NC(=O)C1CCC(OP(OCCC#N)N(C(C)C)C(C)C)CC1. The highest BCUT2D eigenvalue weighted by atomic mass is 31.2. The van der Waals surface area contributed by atoms with Gasteiger partial charge in [-0.25, -0.2) is 4.67 Å². The summed E-state index contributed by atoms with van der Waals surface area (Å²) in [6, 6.07) is 2.42. The second-order valence-electron chi connectivity index (χ2n) is 16.1. The zero-order valence-electron chi connectivity index (χ0n) is 39.9. The maximum atomic E-state index is 14.3. The normalized spacial score (nSPS) is 15.3. The van der Waals surface area contributed by atoms with Crippen molar-refractivity contribution in [1.82, 2.24) is 25.9 Å². The molecule has 1 saturated carbocycles. The van der Waals surface area contributed by atoms with Crippen LogP contribution in [0.1, 0.15) is 98.3 Å². The van der Waals surface area contributed by atoms with Crippen LogP contribution in [0.15, 0.2) is 0 Å². The first-order chi connectivity index (χ1) is 31.9. The summed E-state index contributed by atoms with van der Waals surface area (Å²) in [6.45, 7) is 12.6. The summed E-state index contributed by atoms with van der Waals surface area (Å²) in [5, 5.41) is 21.0. The number of nitrogens with one attached hydrogen (secondary N) is 4. The van der Waals surface area contributed by atoms with Crippen molar-refractivity contribution in [3.63, 3.8) is 0 Å². The highest BCUT2D eigenvalue weighted by Crippen LogP contribution is 2.49. The Morgan fingerprint density at radius 1 is 0.621 bits per heavy atom. The van der Waals surface area contributed by atoms with E-state index in [9.17, 15) is 19.2 Å². The Morgan fingerprint density at radius 3 is 1.38 bits per heavy atom. The van der Waals surface area contributed by atoms with E-state index in [4.69, 9.17) is 62.0 Å². The number of nitriles is 1. The fourth-order valence-corrected chi connectivity index (χ4v) is 8.71. The minimum absolute atomic E-state index is 0.0120. The van der Waals surface area contributed by atoms with Crippen molar-refractivity contribution in [2.45, 2.75) is 122 Å². The number of nitrogens with zero attached hydrogens (tertiary/aromatic N) is 2. The lowest BCUT2D eigenvalue weighted by Gasteiger charge is -2.39. The highest BCUT2D eigenvalue weighted by molar-refractivity contribution is 7.44. The van der Waals surface area contributed by atoms with Gasteiger partial charge < -0.3 is 58.7 Å². The van der Waals surface area contributed by atoms with Gasteiger partial charge in [0.2, 0.25) is 23.6 Å². The Morgan fingerprint density at radius 2 is 1.02 bits per heavy atom. The Labute approximate surface area is 395 Å². The summed E-state index contributed by atoms with van der Waals surface area (Å²) in [6.07, 6.45) is 18.5. The molecule has 4 N–H and O–H groups in total. The molecule has 1 atom stereocenters. The second-order valence-corrected chi connectivity index (χ2v) is 17.5. The molecule has 0 spiro atoms. The van der Waals surface area contributed by atoms with Crippen LogP contribution in [0.2, 0.25) is 0 Å². The summed E-state index contributed by atoms with van der Waals surface area (Å²) >= 11 is 0. The molecule has 372 valence electrons. The van der Waals surface area contributed by atoms with Gasteiger partial charge in [-0.1, -0.05) is 17.8 Å². The molecular weight excluding hydrogens is 872 g/mol. The monoisotopic (exact) mass is 949 g/mol. The van der Waals surface area contributed by atoms with E-state index in [-0.39, 0.29) is 159 Å². The fraction of sp³-hybridized carbons (Fsp3) is 0.766. The van der Waals surface area contributed by atoms with E-state index in [0.29, 0.717) is 65.3 Å². The first-order valence-corrected chi connectivity index (χ1v) is 24.2. The van der Waals surface area contributed by atoms with Crippen LogP contribution in [0.3, 0.4) is 0 Å². The van der Waals surface area contributed by atoms with E-state index in [0.717, 1.165) is 0 Å². The summed E-state index contributed by atoms with van der Waals surface area (Å²) in [5.74, 6) is 5.75. The standard InChI is InChI=1S/C47H77N6O12P/c1-8-26-58-33-36-61-30-23-49-43(54)16-19-47(20-17-44(55)50-24-31-62-37-34-59-27-9-2,21-18-45(56)51-25-32-63-38-35-60-28-10-3)52-46(57)41-12-14-42(15-13-41)65-66(64-29-11-22-48)53(39(4)5)40(6)7/h1-3,39-42H,11-21,23-38H2,4-7H3,(H,49,54)(H,50,55)(H,51,56)(H,52,57). The van der Waals surface area contributed by atoms with Crippen LogP contribution >= 0.6 is 8.53 Å². The molecule has 0 aromatic heterocycles. The van der Waals surface area contributed by atoms with Crippen molar-refractivity contribution in [1.29, 1.82) is 5.26 Å². The third-order valence-electron chi connectivity index (χ3n) is 10.2. The van der Waals surface area contributed by atoms with Gasteiger partial charge in [0.1, 0.15) is 19.8 Å². The Hall–Kier alpha value is -3.88. The van der Waals surface area contributed by atoms with Crippen LogP contribution in [0.25, 0.3) is 0 Å². The number of rotatable bonds is 40. The van der Waals surface area contributed by atoms with E-state index in [1.165, 1.54) is 0 Å². The minimum atomic E-state index is -1.45. The number of hydrogen-bond donors (Lipinski definition) is 4. The number of terminal acetylenes is 3. The smallest absolute Gasteiger partial charge is 0.259 e. The molecule has 4 amide bonds. The van der Waals surface area contributed by atoms with E-state index in [1.807, 2.05) is 0 Å². The van der Waals surface area contributed by atoms with Crippen LogP contribution in [0.5, 0.6) is 0 Å². The molecule has 1 aliphatic carbocycles. The first-order valence-electron chi connectivity index (χ1n) is 23.1. The van der Waals surface area contributed by atoms with E-state index < -0.39 is 14.1 Å². The number of hydrogen-bond acceptors (Lipinski definition) is 14. The van der Waals surface area contributed by atoms with Crippen molar-refractivity contribution < 1.29 is 56.6 Å². The van der Waals surface area contributed by atoms with Crippen LogP contribution in [-0.2, 0) is 56.6 Å². The maximum absolute atomic E-state index is 14.3. The topological polar surface area (TPSA) is 217 Å². The summed E-state index contributed by atoms with van der Waals surface area (Å²) in [4.78, 5) is 54.1. The van der Waals surface area contributed by atoms with E-state index in [2.05, 4.69) is 77.5 Å². The molecule has 0 heterocycles. The van der Waals surface area contributed by atoms with Crippen molar-refractivity contribution in [3.05, 3.63) is 0 Å². The summed E-state index contributed by atoms with van der Waals surface area (Å²) in [5.41, 5.74) is -1.10. The van der Waals surface area contributed by atoms with Crippen molar-refractivity contribution in [3.8, 4) is 43.1 Å².